The predicted molar refractivity (Wildman–Crippen MR) is 134 cm³/mol. The molecule has 2 atom stereocenters. The van der Waals surface area contributed by atoms with Crippen molar-refractivity contribution >= 4 is 17.1 Å². The van der Waals surface area contributed by atoms with Gasteiger partial charge in [-0.3, -0.25) is 14.6 Å². The second kappa shape index (κ2) is 8.34. The molecule has 2 fully saturated rings. The molecule has 6 rings (SSSR count). The van der Waals surface area contributed by atoms with Crippen molar-refractivity contribution in [3.05, 3.63) is 89.6 Å². The van der Waals surface area contributed by atoms with Gasteiger partial charge in [0.15, 0.2) is 11.5 Å². The molecule has 0 radical (unpaired) electrons. The summed E-state index contributed by atoms with van der Waals surface area (Å²) in [5, 5.41) is 0. The molecule has 2 aromatic rings. The molecule has 7 heteroatoms. The summed E-state index contributed by atoms with van der Waals surface area (Å²) in [7, 11) is 0. The molecule has 180 valence electrons. The molecule has 4 aliphatic rings. The van der Waals surface area contributed by atoms with Crippen molar-refractivity contribution < 1.29 is 9.18 Å². The van der Waals surface area contributed by atoms with E-state index in [2.05, 4.69) is 40.4 Å². The fraction of sp³-hybridized carbons (Fsp3) is 0.357. The minimum atomic E-state index is -0.384. The maximum Gasteiger partial charge on any atom is 0.255 e. The number of halogens is 1. The quantitative estimate of drug-likeness (QED) is 0.614. The molecule has 1 amide bonds. The van der Waals surface area contributed by atoms with Crippen LogP contribution in [0.4, 0.5) is 4.39 Å². The van der Waals surface area contributed by atoms with Crippen LogP contribution in [0.15, 0.2) is 72.5 Å². The summed E-state index contributed by atoms with van der Waals surface area (Å²) in [6.07, 6.45) is 15.4. The monoisotopic (exact) mass is 471 g/mol. The third-order valence-electron chi connectivity index (χ3n) is 7.70. The van der Waals surface area contributed by atoms with Crippen LogP contribution in [0.1, 0.15) is 31.0 Å². The van der Waals surface area contributed by atoms with Gasteiger partial charge in [-0.05, 0) is 55.0 Å². The zero-order valence-corrected chi connectivity index (χ0v) is 20.2. The number of nitrogens with zero attached hydrogens (tertiary/aromatic N) is 5. The first-order chi connectivity index (χ1) is 16.9. The van der Waals surface area contributed by atoms with E-state index in [-0.39, 0.29) is 17.6 Å². The van der Waals surface area contributed by atoms with E-state index in [1.165, 1.54) is 11.6 Å². The molecule has 6 nitrogen and oxygen atoms in total. The van der Waals surface area contributed by atoms with Gasteiger partial charge in [0.25, 0.3) is 5.91 Å². The third-order valence-corrected chi connectivity index (χ3v) is 7.70. The number of carbonyl (C=O) groups excluding carboxylic acids is 1. The van der Waals surface area contributed by atoms with Gasteiger partial charge < -0.3 is 9.30 Å². The van der Waals surface area contributed by atoms with Crippen LogP contribution in [0.2, 0.25) is 0 Å². The summed E-state index contributed by atoms with van der Waals surface area (Å²) >= 11 is 0. The van der Waals surface area contributed by atoms with E-state index in [0.29, 0.717) is 17.3 Å². The highest BCUT2D eigenvalue weighted by molar-refractivity contribution is 5.98. The van der Waals surface area contributed by atoms with Gasteiger partial charge in [-0.15, -0.1) is 0 Å². The van der Waals surface area contributed by atoms with Crippen LogP contribution >= 0.6 is 0 Å². The van der Waals surface area contributed by atoms with Crippen molar-refractivity contribution in [2.45, 2.75) is 32.7 Å². The third kappa shape index (κ3) is 3.84. The first kappa shape index (κ1) is 22.0. The van der Waals surface area contributed by atoms with Crippen LogP contribution in [0, 0.1) is 18.7 Å². The topological polar surface area (TPSA) is 44.1 Å². The lowest BCUT2D eigenvalue weighted by Crippen LogP contribution is -2.50. The number of fused-ring (bicyclic) bond motifs is 3. The minimum absolute atomic E-state index is 0.0651. The Morgan fingerprint density at radius 2 is 1.97 bits per heavy atom. The molecule has 2 unspecified atom stereocenters. The van der Waals surface area contributed by atoms with E-state index in [0.717, 1.165) is 61.7 Å². The number of hydrogen-bond acceptors (Lipinski definition) is 4. The van der Waals surface area contributed by atoms with Gasteiger partial charge in [-0.2, -0.15) is 0 Å². The number of rotatable bonds is 2. The molecule has 0 aromatic carbocycles. The number of hydrogen-bond donors (Lipinski definition) is 0. The Balaban J connectivity index is 1.32. The fourth-order valence-corrected chi connectivity index (χ4v) is 5.68. The Morgan fingerprint density at radius 1 is 1.14 bits per heavy atom. The highest BCUT2D eigenvalue weighted by Gasteiger charge is 2.34. The normalized spacial score (nSPS) is 25.2. The SMILES string of the molecule is C=C1CCN2CCN(C3=CN4C(=O)C=C(c5cc(F)c6nc(C)cn6c5)C(C)CC=C4C=C3)CC12. The van der Waals surface area contributed by atoms with Gasteiger partial charge >= 0.3 is 0 Å². The molecule has 0 aliphatic carbocycles. The van der Waals surface area contributed by atoms with Crippen LogP contribution in [0.25, 0.3) is 11.2 Å². The van der Waals surface area contributed by atoms with E-state index < -0.39 is 0 Å². The zero-order chi connectivity index (χ0) is 24.3. The zero-order valence-electron chi connectivity index (χ0n) is 20.2. The van der Waals surface area contributed by atoms with Crippen molar-refractivity contribution in [3.63, 3.8) is 0 Å². The fourth-order valence-electron chi connectivity index (χ4n) is 5.68. The standard InChI is InChI=1S/C28H30FN5O/c1-18-4-5-22-6-7-23(32-11-10-31-9-8-19(2)26(31)17-32)16-34(22)27(35)13-24(18)21-12-25(29)28-30-20(3)14-33(28)15-21/h5-7,12-16,18,26H,2,4,8-11,17H2,1,3H3. The number of aryl methyl sites for hydroxylation is 1. The average molecular weight is 472 g/mol. The summed E-state index contributed by atoms with van der Waals surface area (Å²) in [6, 6.07) is 1.89. The molecule has 35 heavy (non-hydrogen) atoms. The van der Waals surface area contributed by atoms with E-state index in [9.17, 15) is 9.18 Å². The number of pyridine rings is 1. The summed E-state index contributed by atoms with van der Waals surface area (Å²) in [4.78, 5) is 24.4. The molecular weight excluding hydrogens is 441 g/mol. The smallest absolute Gasteiger partial charge is 0.255 e. The van der Waals surface area contributed by atoms with E-state index in [1.54, 1.807) is 21.6 Å². The molecule has 0 spiro atoms. The van der Waals surface area contributed by atoms with Crippen LogP contribution in [0.3, 0.4) is 0 Å². The minimum Gasteiger partial charge on any atom is -0.367 e. The van der Waals surface area contributed by atoms with E-state index in [1.807, 2.05) is 25.4 Å². The van der Waals surface area contributed by atoms with Gasteiger partial charge in [-0.25, -0.2) is 9.37 Å². The van der Waals surface area contributed by atoms with Gasteiger partial charge in [0, 0.05) is 62.6 Å². The van der Waals surface area contributed by atoms with Crippen molar-refractivity contribution in [2.24, 2.45) is 5.92 Å². The van der Waals surface area contributed by atoms with Crippen LogP contribution in [-0.4, -0.2) is 62.2 Å². The summed E-state index contributed by atoms with van der Waals surface area (Å²) < 4.78 is 16.5. The second-order valence-corrected chi connectivity index (χ2v) is 10.1. The molecule has 0 N–H and O–H groups in total. The highest BCUT2D eigenvalue weighted by Crippen LogP contribution is 2.33. The Morgan fingerprint density at radius 3 is 2.83 bits per heavy atom. The molecule has 4 aliphatic heterocycles. The number of piperazine rings is 1. The Bertz CT molecular complexity index is 1360. The molecule has 2 saturated heterocycles. The van der Waals surface area contributed by atoms with Crippen molar-refractivity contribution in [3.8, 4) is 0 Å². The number of imidazole rings is 1. The predicted octanol–water partition coefficient (Wildman–Crippen LogP) is 4.27. The Labute approximate surface area is 205 Å². The molecule has 0 bridgehead atoms. The first-order valence-electron chi connectivity index (χ1n) is 12.3. The molecule has 6 heterocycles. The second-order valence-electron chi connectivity index (χ2n) is 10.1. The first-order valence-corrected chi connectivity index (χ1v) is 12.3. The summed E-state index contributed by atoms with van der Waals surface area (Å²) in [6.45, 7) is 12.1. The maximum absolute atomic E-state index is 14.8. The molecule has 2 aromatic heterocycles. The van der Waals surface area contributed by atoms with Crippen LogP contribution < -0.4 is 0 Å². The Kier molecular flexibility index (Phi) is 5.25. The molecule has 0 saturated carbocycles. The van der Waals surface area contributed by atoms with E-state index in [4.69, 9.17) is 0 Å². The summed E-state index contributed by atoms with van der Waals surface area (Å²) in [5.41, 5.74) is 5.82. The van der Waals surface area contributed by atoms with Gasteiger partial charge in [-0.1, -0.05) is 25.2 Å². The number of carbonyl (C=O) groups is 1. The van der Waals surface area contributed by atoms with Crippen LogP contribution in [0.5, 0.6) is 0 Å². The van der Waals surface area contributed by atoms with Gasteiger partial charge in [0.2, 0.25) is 0 Å². The molecular formula is C28H30FN5O. The average Bonchev–Trinajstić information content (AvgIpc) is 3.41. The van der Waals surface area contributed by atoms with Crippen molar-refractivity contribution in [1.82, 2.24) is 24.1 Å². The largest absolute Gasteiger partial charge is 0.367 e. The number of aromatic nitrogens is 2. The van der Waals surface area contributed by atoms with Gasteiger partial charge in [0.1, 0.15) is 0 Å². The van der Waals surface area contributed by atoms with E-state index >= 15 is 0 Å². The van der Waals surface area contributed by atoms with Crippen molar-refractivity contribution in [2.75, 3.05) is 26.2 Å². The Hall–Kier alpha value is -3.45. The lowest BCUT2D eigenvalue weighted by molar-refractivity contribution is -0.122. The number of allylic oxidation sites excluding steroid dienone is 4. The summed E-state index contributed by atoms with van der Waals surface area (Å²) in [5.74, 6) is -0.439. The number of amides is 1. The van der Waals surface area contributed by atoms with Crippen LogP contribution in [-0.2, 0) is 4.79 Å². The highest BCUT2D eigenvalue weighted by atomic mass is 19.1. The lowest BCUT2D eigenvalue weighted by Gasteiger charge is -2.40. The maximum atomic E-state index is 14.8. The van der Waals surface area contributed by atoms with Crippen molar-refractivity contribution in [1.29, 1.82) is 0 Å². The lowest BCUT2D eigenvalue weighted by atomic mass is 9.90. The van der Waals surface area contributed by atoms with Gasteiger partial charge in [0.05, 0.1) is 11.4 Å².